The maximum atomic E-state index is 5.72. The molecule has 0 aromatic heterocycles. The number of nitrogens with one attached hydrogen (secondary N) is 1. The number of hydrogen-bond donors (Lipinski definition) is 1. The van der Waals surface area contributed by atoms with Gasteiger partial charge in [0.1, 0.15) is 0 Å². The molecule has 15 heavy (non-hydrogen) atoms. The molecule has 0 saturated heterocycles. The summed E-state index contributed by atoms with van der Waals surface area (Å²) >= 11 is 0. The Morgan fingerprint density at radius 1 is 1.33 bits per heavy atom. The van der Waals surface area contributed by atoms with Crippen molar-refractivity contribution in [3.05, 3.63) is 24.3 Å². The monoisotopic (exact) mass is 207 g/mol. The van der Waals surface area contributed by atoms with Crippen LogP contribution >= 0.6 is 0 Å². The van der Waals surface area contributed by atoms with Crippen molar-refractivity contribution in [2.24, 2.45) is 5.92 Å². The van der Waals surface area contributed by atoms with E-state index in [0.29, 0.717) is 12.0 Å². The van der Waals surface area contributed by atoms with E-state index in [1.807, 2.05) is 31.3 Å². The molecule has 3 heteroatoms. The second-order valence-corrected chi connectivity index (χ2v) is 3.85. The van der Waals surface area contributed by atoms with Crippen LogP contribution in [0.1, 0.15) is 6.42 Å². The fraction of sp³-hybridized carbons (Fsp3) is 0.500. The molecule has 82 valence electrons. The van der Waals surface area contributed by atoms with Crippen LogP contribution in [0.3, 0.4) is 0 Å². The summed E-state index contributed by atoms with van der Waals surface area (Å²) in [7, 11) is 3.66. The van der Waals surface area contributed by atoms with E-state index in [-0.39, 0.29) is 0 Å². The van der Waals surface area contributed by atoms with Gasteiger partial charge in [-0.3, -0.25) is 0 Å². The maximum absolute atomic E-state index is 5.72. The Hall–Kier alpha value is -1.22. The van der Waals surface area contributed by atoms with Crippen molar-refractivity contribution in [2.75, 3.05) is 20.8 Å². The average Bonchev–Trinajstić information content (AvgIpc) is 3.05. The molecular weight excluding hydrogens is 190 g/mol. The minimum absolute atomic E-state index is 0.639. The number of methoxy groups -OCH3 is 1. The Labute approximate surface area is 90.4 Å². The fourth-order valence-corrected chi connectivity index (χ4v) is 1.72. The van der Waals surface area contributed by atoms with Gasteiger partial charge in [0.15, 0.2) is 11.5 Å². The molecule has 2 unspecified atom stereocenters. The SMILES string of the molecule is CNC1CC1COc1ccccc1OC. The average molecular weight is 207 g/mol. The molecule has 1 aromatic rings. The van der Waals surface area contributed by atoms with Gasteiger partial charge in [0.2, 0.25) is 0 Å². The lowest BCUT2D eigenvalue weighted by Gasteiger charge is -2.09. The van der Waals surface area contributed by atoms with Gasteiger partial charge in [-0.25, -0.2) is 0 Å². The lowest BCUT2D eigenvalue weighted by atomic mass is 10.3. The first-order chi connectivity index (χ1) is 7.35. The summed E-state index contributed by atoms with van der Waals surface area (Å²) in [5.74, 6) is 2.29. The van der Waals surface area contributed by atoms with Crippen LogP contribution in [0, 0.1) is 5.92 Å². The second kappa shape index (κ2) is 4.53. The van der Waals surface area contributed by atoms with Gasteiger partial charge in [-0.2, -0.15) is 0 Å². The Kier molecular flexibility index (Phi) is 3.11. The highest BCUT2D eigenvalue weighted by Gasteiger charge is 2.36. The Morgan fingerprint density at radius 3 is 2.67 bits per heavy atom. The largest absolute Gasteiger partial charge is 0.493 e. The molecule has 1 aliphatic rings. The van der Waals surface area contributed by atoms with Gasteiger partial charge < -0.3 is 14.8 Å². The van der Waals surface area contributed by atoms with Crippen molar-refractivity contribution >= 4 is 0 Å². The van der Waals surface area contributed by atoms with Crippen molar-refractivity contribution in [1.82, 2.24) is 5.32 Å². The number of benzene rings is 1. The smallest absolute Gasteiger partial charge is 0.161 e. The summed E-state index contributed by atoms with van der Waals surface area (Å²) < 4.78 is 10.9. The molecule has 1 saturated carbocycles. The van der Waals surface area contributed by atoms with Crippen molar-refractivity contribution in [3.8, 4) is 11.5 Å². The minimum Gasteiger partial charge on any atom is -0.493 e. The summed E-state index contributed by atoms with van der Waals surface area (Å²) in [4.78, 5) is 0. The summed E-state index contributed by atoms with van der Waals surface area (Å²) in [6, 6.07) is 8.40. The number of para-hydroxylation sites is 2. The highest BCUT2D eigenvalue weighted by atomic mass is 16.5. The molecule has 2 rings (SSSR count). The fourth-order valence-electron chi connectivity index (χ4n) is 1.72. The Morgan fingerprint density at radius 2 is 2.07 bits per heavy atom. The van der Waals surface area contributed by atoms with Gasteiger partial charge in [-0.05, 0) is 25.6 Å². The van der Waals surface area contributed by atoms with Gasteiger partial charge >= 0.3 is 0 Å². The molecule has 0 bridgehead atoms. The van der Waals surface area contributed by atoms with Gasteiger partial charge in [0.05, 0.1) is 13.7 Å². The molecule has 1 aromatic carbocycles. The highest BCUT2D eigenvalue weighted by Crippen LogP contribution is 2.32. The van der Waals surface area contributed by atoms with Gasteiger partial charge in [-0.1, -0.05) is 12.1 Å². The number of ether oxygens (including phenoxy) is 2. The summed E-state index contributed by atoms with van der Waals surface area (Å²) in [6.45, 7) is 0.770. The van der Waals surface area contributed by atoms with Crippen LogP contribution in [0.4, 0.5) is 0 Å². The standard InChI is InChI=1S/C12H17NO2/c1-13-10-7-9(10)8-15-12-6-4-3-5-11(12)14-2/h3-6,9-10,13H,7-8H2,1-2H3. The first-order valence-electron chi connectivity index (χ1n) is 5.28. The van der Waals surface area contributed by atoms with Crippen LogP contribution < -0.4 is 14.8 Å². The normalized spacial score (nSPS) is 23.6. The van der Waals surface area contributed by atoms with Gasteiger partial charge in [-0.15, -0.1) is 0 Å². The van der Waals surface area contributed by atoms with Gasteiger partial charge in [0, 0.05) is 12.0 Å². The first kappa shape index (κ1) is 10.3. The maximum Gasteiger partial charge on any atom is 0.161 e. The van der Waals surface area contributed by atoms with E-state index in [1.54, 1.807) is 7.11 Å². The molecule has 1 N–H and O–H groups in total. The third-order valence-electron chi connectivity index (χ3n) is 2.82. The van der Waals surface area contributed by atoms with E-state index in [9.17, 15) is 0 Å². The predicted molar refractivity (Wildman–Crippen MR) is 59.4 cm³/mol. The van der Waals surface area contributed by atoms with Crippen LogP contribution in [0.15, 0.2) is 24.3 Å². The Bertz CT molecular complexity index is 327. The van der Waals surface area contributed by atoms with Crippen LogP contribution in [0.2, 0.25) is 0 Å². The van der Waals surface area contributed by atoms with Crippen LogP contribution in [-0.4, -0.2) is 26.8 Å². The Balaban J connectivity index is 1.88. The minimum atomic E-state index is 0.639. The van der Waals surface area contributed by atoms with E-state index >= 15 is 0 Å². The van der Waals surface area contributed by atoms with Crippen LogP contribution in [0.5, 0.6) is 11.5 Å². The van der Waals surface area contributed by atoms with Crippen molar-refractivity contribution in [1.29, 1.82) is 0 Å². The lowest BCUT2D eigenvalue weighted by Crippen LogP contribution is -2.14. The van der Waals surface area contributed by atoms with Crippen molar-refractivity contribution < 1.29 is 9.47 Å². The van der Waals surface area contributed by atoms with E-state index in [4.69, 9.17) is 9.47 Å². The zero-order chi connectivity index (χ0) is 10.7. The highest BCUT2D eigenvalue weighted by molar-refractivity contribution is 5.39. The van der Waals surface area contributed by atoms with Crippen molar-refractivity contribution in [3.63, 3.8) is 0 Å². The molecule has 1 aliphatic carbocycles. The van der Waals surface area contributed by atoms with Gasteiger partial charge in [0.25, 0.3) is 0 Å². The second-order valence-electron chi connectivity index (χ2n) is 3.85. The summed E-state index contributed by atoms with van der Waals surface area (Å²) in [5, 5.41) is 3.24. The number of hydrogen-bond acceptors (Lipinski definition) is 3. The molecule has 0 amide bonds. The third kappa shape index (κ3) is 2.42. The lowest BCUT2D eigenvalue weighted by molar-refractivity contribution is 0.276. The van der Waals surface area contributed by atoms with Crippen LogP contribution in [0.25, 0.3) is 0 Å². The summed E-state index contributed by atoms with van der Waals surface area (Å²) in [5.41, 5.74) is 0. The van der Waals surface area contributed by atoms with E-state index in [2.05, 4.69) is 5.32 Å². The molecule has 3 nitrogen and oxygen atoms in total. The molecule has 2 atom stereocenters. The van der Waals surface area contributed by atoms with E-state index < -0.39 is 0 Å². The zero-order valence-corrected chi connectivity index (χ0v) is 9.19. The quantitative estimate of drug-likeness (QED) is 0.797. The molecule has 0 heterocycles. The van der Waals surface area contributed by atoms with Crippen molar-refractivity contribution in [2.45, 2.75) is 12.5 Å². The molecule has 0 spiro atoms. The predicted octanol–water partition coefficient (Wildman–Crippen LogP) is 1.68. The zero-order valence-electron chi connectivity index (χ0n) is 9.19. The molecule has 0 aliphatic heterocycles. The summed E-state index contributed by atoms with van der Waals surface area (Å²) in [6.07, 6.45) is 1.21. The van der Waals surface area contributed by atoms with Crippen LogP contribution in [-0.2, 0) is 0 Å². The first-order valence-corrected chi connectivity index (χ1v) is 5.28. The molecular formula is C12H17NO2. The van der Waals surface area contributed by atoms with E-state index in [0.717, 1.165) is 18.1 Å². The van der Waals surface area contributed by atoms with E-state index in [1.165, 1.54) is 6.42 Å². The topological polar surface area (TPSA) is 30.5 Å². The number of rotatable bonds is 5. The molecule has 0 radical (unpaired) electrons. The third-order valence-corrected chi connectivity index (χ3v) is 2.82. The molecule has 1 fully saturated rings.